The SMILES string of the molecule is c1ccc(-c2nc(-c3ccccc3)nc(-c3ccc(-n4c5ccccc5c5cc(-c6cccc7c6oc6ccccc67)ccc54)cc3)n2)cc1. The van der Waals surface area contributed by atoms with E-state index in [2.05, 4.69) is 102 Å². The van der Waals surface area contributed by atoms with Gasteiger partial charge in [0.15, 0.2) is 17.5 Å². The Labute approximate surface area is 287 Å². The maximum Gasteiger partial charge on any atom is 0.164 e. The Kier molecular flexibility index (Phi) is 6.42. The third-order valence-corrected chi connectivity index (χ3v) is 9.47. The zero-order valence-electron chi connectivity index (χ0n) is 26.9. The van der Waals surface area contributed by atoms with Gasteiger partial charge >= 0.3 is 0 Å². The highest BCUT2D eigenvalue weighted by Crippen LogP contribution is 2.39. The van der Waals surface area contributed by atoms with Crippen molar-refractivity contribution >= 4 is 43.7 Å². The normalized spacial score (nSPS) is 11.6. The zero-order valence-corrected chi connectivity index (χ0v) is 26.9. The summed E-state index contributed by atoms with van der Waals surface area (Å²) in [6, 6.07) is 58.6. The minimum Gasteiger partial charge on any atom is -0.455 e. The van der Waals surface area contributed by atoms with Gasteiger partial charge in [-0.3, -0.25) is 0 Å². The Bertz CT molecular complexity index is 2800. The molecular formula is C45H28N4O. The number of rotatable bonds is 5. The fraction of sp³-hybridized carbons (Fsp3) is 0. The first kappa shape index (κ1) is 28.2. The van der Waals surface area contributed by atoms with Crippen LogP contribution in [0.5, 0.6) is 0 Å². The van der Waals surface area contributed by atoms with Crippen molar-refractivity contribution in [1.29, 1.82) is 0 Å². The molecule has 0 aliphatic carbocycles. The van der Waals surface area contributed by atoms with Crippen molar-refractivity contribution in [3.05, 3.63) is 170 Å². The summed E-state index contributed by atoms with van der Waals surface area (Å²) in [6.07, 6.45) is 0. The number of hydrogen-bond donors (Lipinski definition) is 0. The van der Waals surface area contributed by atoms with E-state index in [0.29, 0.717) is 17.5 Å². The van der Waals surface area contributed by atoms with Crippen molar-refractivity contribution < 1.29 is 4.42 Å². The van der Waals surface area contributed by atoms with E-state index in [1.54, 1.807) is 0 Å². The maximum atomic E-state index is 6.41. The Morgan fingerprint density at radius 3 is 1.62 bits per heavy atom. The minimum absolute atomic E-state index is 0.635. The monoisotopic (exact) mass is 640 g/mol. The molecule has 0 unspecified atom stereocenters. The summed E-state index contributed by atoms with van der Waals surface area (Å²) in [6.45, 7) is 0. The van der Waals surface area contributed by atoms with Crippen molar-refractivity contribution in [2.75, 3.05) is 0 Å². The summed E-state index contributed by atoms with van der Waals surface area (Å²) < 4.78 is 8.74. The lowest BCUT2D eigenvalue weighted by atomic mass is 10.0. The van der Waals surface area contributed by atoms with Crippen LogP contribution in [0.1, 0.15) is 0 Å². The highest BCUT2D eigenvalue weighted by molar-refractivity contribution is 6.13. The number of furan rings is 1. The molecule has 0 aliphatic rings. The Balaban J connectivity index is 1.09. The first-order valence-electron chi connectivity index (χ1n) is 16.7. The predicted molar refractivity (Wildman–Crippen MR) is 203 cm³/mol. The Morgan fingerprint density at radius 2 is 0.920 bits per heavy atom. The van der Waals surface area contributed by atoms with Gasteiger partial charge in [0.25, 0.3) is 0 Å². The van der Waals surface area contributed by atoms with Crippen LogP contribution in [0.4, 0.5) is 0 Å². The summed E-state index contributed by atoms with van der Waals surface area (Å²) in [4.78, 5) is 14.7. The molecule has 3 aromatic heterocycles. The van der Waals surface area contributed by atoms with Crippen LogP contribution in [-0.4, -0.2) is 19.5 Å². The molecule has 0 radical (unpaired) electrons. The average molecular weight is 641 g/mol. The quantitative estimate of drug-likeness (QED) is 0.188. The molecule has 0 N–H and O–H groups in total. The van der Waals surface area contributed by atoms with Gasteiger partial charge in [0.05, 0.1) is 11.0 Å². The van der Waals surface area contributed by atoms with Crippen molar-refractivity contribution in [2.24, 2.45) is 0 Å². The van der Waals surface area contributed by atoms with E-state index < -0.39 is 0 Å². The van der Waals surface area contributed by atoms with Gasteiger partial charge in [-0.25, -0.2) is 15.0 Å². The van der Waals surface area contributed by atoms with Crippen molar-refractivity contribution in [1.82, 2.24) is 19.5 Å². The molecule has 7 aromatic carbocycles. The third kappa shape index (κ3) is 4.60. The number of fused-ring (bicyclic) bond motifs is 6. The molecule has 50 heavy (non-hydrogen) atoms. The number of para-hydroxylation sites is 3. The molecule has 5 nitrogen and oxygen atoms in total. The van der Waals surface area contributed by atoms with E-state index in [1.807, 2.05) is 72.8 Å². The molecule has 5 heteroatoms. The van der Waals surface area contributed by atoms with Crippen LogP contribution in [-0.2, 0) is 0 Å². The van der Waals surface area contributed by atoms with Crippen LogP contribution in [0, 0.1) is 0 Å². The van der Waals surface area contributed by atoms with Gasteiger partial charge in [-0.05, 0) is 54.1 Å². The first-order chi connectivity index (χ1) is 24.8. The highest BCUT2D eigenvalue weighted by Gasteiger charge is 2.17. The van der Waals surface area contributed by atoms with Crippen LogP contribution in [0.3, 0.4) is 0 Å². The van der Waals surface area contributed by atoms with E-state index in [0.717, 1.165) is 66.5 Å². The molecule has 10 aromatic rings. The first-order valence-corrected chi connectivity index (χ1v) is 16.7. The molecule has 0 saturated heterocycles. The summed E-state index contributed by atoms with van der Waals surface area (Å²) in [5.74, 6) is 1.93. The lowest BCUT2D eigenvalue weighted by molar-refractivity contribution is 0.670. The van der Waals surface area contributed by atoms with Gasteiger partial charge in [-0.1, -0.05) is 121 Å². The summed E-state index contributed by atoms with van der Waals surface area (Å²) in [7, 11) is 0. The van der Waals surface area contributed by atoms with Crippen molar-refractivity contribution in [2.45, 2.75) is 0 Å². The molecule has 0 spiro atoms. The van der Waals surface area contributed by atoms with Gasteiger partial charge in [-0.2, -0.15) is 0 Å². The van der Waals surface area contributed by atoms with E-state index in [1.165, 1.54) is 10.8 Å². The van der Waals surface area contributed by atoms with Gasteiger partial charge in [-0.15, -0.1) is 0 Å². The standard InChI is InChI=1S/C45H28N4O/c1-3-12-29(13-4-1)43-46-44(30-14-5-2-6-15-30)48-45(47-43)31-22-25-33(26-23-31)49-39-20-9-7-16-35(39)38-28-32(24-27-40(38)49)34-18-11-19-37-36-17-8-10-21-41(36)50-42(34)37/h1-28H. The second kappa shape index (κ2) is 11.4. The second-order valence-corrected chi connectivity index (χ2v) is 12.5. The average Bonchev–Trinajstić information content (AvgIpc) is 3.74. The van der Waals surface area contributed by atoms with Gasteiger partial charge in [0.1, 0.15) is 11.2 Å². The molecule has 234 valence electrons. The third-order valence-electron chi connectivity index (χ3n) is 9.47. The smallest absolute Gasteiger partial charge is 0.164 e. The maximum absolute atomic E-state index is 6.41. The predicted octanol–water partition coefficient (Wildman–Crippen LogP) is 11.5. The molecule has 3 heterocycles. The molecule has 0 aliphatic heterocycles. The highest BCUT2D eigenvalue weighted by atomic mass is 16.3. The molecule has 0 amide bonds. The Morgan fingerprint density at radius 1 is 0.380 bits per heavy atom. The van der Waals surface area contributed by atoms with Gasteiger partial charge < -0.3 is 8.98 Å². The minimum atomic E-state index is 0.635. The fourth-order valence-electron chi connectivity index (χ4n) is 7.09. The Hall–Kier alpha value is -6.85. The number of hydrogen-bond acceptors (Lipinski definition) is 4. The summed E-state index contributed by atoms with van der Waals surface area (Å²) >= 11 is 0. The molecule has 0 bridgehead atoms. The van der Waals surface area contributed by atoms with Crippen LogP contribution in [0.25, 0.3) is 94.7 Å². The van der Waals surface area contributed by atoms with E-state index in [9.17, 15) is 0 Å². The van der Waals surface area contributed by atoms with E-state index >= 15 is 0 Å². The van der Waals surface area contributed by atoms with Crippen LogP contribution >= 0.6 is 0 Å². The van der Waals surface area contributed by atoms with Crippen LogP contribution in [0.2, 0.25) is 0 Å². The molecule has 10 rings (SSSR count). The molecule has 0 saturated carbocycles. The summed E-state index contributed by atoms with van der Waals surface area (Å²) in [5.41, 5.74) is 10.2. The van der Waals surface area contributed by atoms with Crippen molar-refractivity contribution in [3.63, 3.8) is 0 Å². The molecule has 0 fully saturated rings. The number of nitrogens with zero attached hydrogens (tertiary/aromatic N) is 4. The number of aromatic nitrogens is 4. The summed E-state index contributed by atoms with van der Waals surface area (Å²) in [5, 5.41) is 4.65. The van der Waals surface area contributed by atoms with Crippen LogP contribution in [0.15, 0.2) is 174 Å². The second-order valence-electron chi connectivity index (χ2n) is 12.5. The fourth-order valence-corrected chi connectivity index (χ4v) is 7.09. The van der Waals surface area contributed by atoms with Crippen LogP contribution < -0.4 is 0 Å². The van der Waals surface area contributed by atoms with Gasteiger partial charge in [0.2, 0.25) is 0 Å². The lowest BCUT2D eigenvalue weighted by Gasteiger charge is -2.11. The number of benzene rings is 7. The lowest BCUT2D eigenvalue weighted by Crippen LogP contribution is -2.00. The zero-order chi connectivity index (χ0) is 33.0. The largest absolute Gasteiger partial charge is 0.455 e. The molecular weight excluding hydrogens is 613 g/mol. The van der Waals surface area contributed by atoms with Gasteiger partial charge in [0, 0.05) is 49.5 Å². The van der Waals surface area contributed by atoms with Crippen molar-refractivity contribution in [3.8, 4) is 51.0 Å². The molecule has 0 atom stereocenters. The van der Waals surface area contributed by atoms with E-state index in [4.69, 9.17) is 19.4 Å². The topological polar surface area (TPSA) is 56.7 Å². The van der Waals surface area contributed by atoms with E-state index in [-0.39, 0.29) is 0 Å².